The number of phenols is 1. The zero-order valence-corrected chi connectivity index (χ0v) is 11.5. The van der Waals surface area contributed by atoms with Crippen molar-refractivity contribution >= 4 is 22.0 Å². The van der Waals surface area contributed by atoms with Crippen LogP contribution in [0.15, 0.2) is 16.6 Å². The average Bonchev–Trinajstić information content (AvgIpc) is 2.23. The lowest BCUT2D eigenvalue weighted by Gasteiger charge is -2.14. The zero-order chi connectivity index (χ0) is 12.3. The van der Waals surface area contributed by atoms with Gasteiger partial charge in [-0.25, -0.2) is 0 Å². The second kappa shape index (κ2) is 5.51. The van der Waals surface area contributed by atoms with E-state index in [1.54, 1.807) is 0 Å². The van der Waals surface area contributed by atoms with Crippen LogP contribution in [0.1, 0.15) is 36.5 Å². The van der Waals surface area contributed by atoms with Gasteiger partial charge in [-0.1, -0.05) is 41.9 Å². The van der Waals surface area contributed by atoms with Crippen molar-refractivity contribution in [2.75, 3.05) is 6.54 Å². The first-order chi connectivity index (χ1) is 7.49. The van der Waals surface area contributed by atoms with Crippen molar-refractivity contribution in [2.45, 2.75) is 26.7 Å². The van der Waals surface area contributed by atoms with Gasteiger partial charge in [0.05, 0.1) is 0 Å². The summed E-state index contributed by atoms with van der Waals surface area (Å²) in [6, 6.07) is 1.98. The minimum absolute atomic E-state index is 0.293. The monoisotopic (exact) mass is 283 g/mol. The number of halogens is 1. The van der Waals surface area contributed by atoms with Crippen LogP contribution in [0.5, 0.6) is 5.75 Å². The molecule has 0 atom stereocenters. The highest BCUT2D eigenvalue weighted by Crippen LogP contribution is 2.36. The normalized spacial score (nSPS) is 11.6. The number of aromatic hydroxyl groups is 1. The van der Waals surface area contributed by atoms with Crippen LogP contribution in [0.2, 0.25) is 0 Å². The van der Waals surface area contributed by atoms with E-state index < -0.39 is 0 Å². The molecule has 0 saturated heterocycles. The standard InChI is InChI=1S/C13H18BrNO/c1-8(2)11-7-12(14)9(3)10(13(11)16)5-4-6-15/h4-5,7-8,16H,6,15H2,1-3H3/b5-4+. The van der Waals surface area contributed by atoms with Crippen molar-refractivity contribution in [1.29, 1.82) is 0 Å². The summed E-state index contributed by atoms with van der Waals surface area (Å²) in [5.41, 5.74) is 8.27. The molecule has 0 amide bonds. The van der Waals surface area contributed by atoms with Crippen LogP contribution < -0.4 is 5.73 Å². The molecule has 0 heterocycles. The highest BCUT2D eigenvalue weighted by atomic mass is 79.9. The summed E-state index contributed by atoms with van der Waals surface area (Å²) in [6.45, 7) is 6.58. The van der Waals surface area contributed by atoms with Crippen molar-refractivity contribution in [3.63, 3.8) is 0 Å². The molecule has 88 valence electrons. The topological polar surface area (TPSA) is 46.2 Å². The Labute approximate surface area is 105 Å². The molecule has 0 aliphatic carbocycles. The Balaban J connectivity index is 3.39. The van der Waals surface area contributed by atoms with Gasteiger partial charge < -0.3 is 10.8 Å². The molecule has 0 aliphatic rings. The summed E-state index contributed by atoms with van der Waals surface area (Å²) in [6.07, 6.45) is 3.72. The number of rotatable bonds is 3. The Morgan fingerprint density at radius 1 is 1.50 bits per heavy atom. The number of hydrogen-bond acceptors (Lipinski definition) is 2. The van der Waals surface area contributed by atoms with E-state index in [0.717, 1.165) is 21.2 Å². The molecular formula is C13H18BrNO. The lowest BCUT2D eigenvalue weighted by Crippen LogP contribution is -1.96. The Morgan fingerprint density at radius 3 is 2.62 bits per heavy atom. The number of phenolic OH excluding ortho intramolecular Hbond substituents is 1. The molecule has 0 spiro atoms. The fourth-order valence-corrected chi connectivity index (χ4v) is 2.07. The van der Waals surface area contributed by atoms with Gasteiger partial charge in [-0.3, -0.25) is 0 Å². The molecule has 0 saturated carbocycles. The fraction of sp³-hybridized carbons (Fsp3) is 0.385. The third kappa shape index (κ3) is 2.66. The van der Waals surface area contributed by atoms with E-state index in [0.29, 0.717) is 18.2 Å². The largest absolute Gasteiger partial charge is 0.507 e. The molecule has 1 aromatic rings. The summed E-state index contributed by atoms with van der Waals surface area (Å²) in [5.74, 6) is 0.655. The molecule has 1 rings (SSSR count). The Bertz CT molecular complexity index is 411. The smallest absolute Gasteiger partial charge is 0.126 e. The second-order valence-electron chi connectivity index (χ2n) is 4.13. The maximum atomic E-state index is 10.2. The molecule has 0 bridgehead atoms. The minimum atomic E-state index is 0.293. The first-order valence-electron chi connectivity index (χ1n) is 5.37. The van der Waals surface area contributed by atoms with Crippen molar-refractivity contribution in [3.8, 4) is 5.75 Å². The van der Waals surface area contributed by atoms with Gasteiger partial charge in [0.2, 0.25) is 0 Å². The number of nitrogens with two attached hydrogens (primary N) is 1. The van der Waals surface area contributed by atoms with Crippen molar-refractivity contribution < 1.29 is 5.11 Å². The molecule has 3 N–H and O–H groups in total. The summed E-state index contributed by atoms with van der Waals surface area (Å²) >= 11 is 3.52. The van der Waals surface area contributed by atoms with Crippen LogP contribution in [0.4, 0.5) is 0 Å². The van der Waals surface area contributed by atoms with E-state index >= 15 is 0 Å². The lowest BCUT2D eigenvalue weighted by atomic mass is 9.96. The first-order valence-corrected chi connectivity index (χ1v) is 6.16. The predicted octanol–water partition coefficient (Wildman–Crippen LogP) is 3.56. The van der Waals surface area contributed by atoms with Gasteiger partial charge in [-0.2, -0.15) is 0 Å². The fourth-order valence-electron chi connectivity index (χ4n) is 1.60. The van der Waals surface area contributed by atoms with Crippen LogP contribution in [0.3, 0.4) is 0 Å². The maximum absolute atomic E-state index is 10.2. The van der Waals surface area contributed by atoms with E-state index in [-0.39, 0.29) is 0 Å². The maximum Gasteiger partial charge on any atom is 0.126 e. The molecule has 0 fully saturated rings. The van der Waals surface area contributed by atoms with Crippen LogP contribution in [-0.2, 0) is 0 Å². The number of hydrogen-bond donors (Lipinski definition) is 2. The van der Waals surface area contributed by atoms with Gasteiger partial charge in [0, 0.05) is 16.6 Å². The van der Waals surface area contributed by atoms with Crippen LogP contribution in [-0.4, -0.2) is 11.7 Å². The van der Waals surface area contributed by atoms with Gasteiger partial charge >= 0.3 is 0 Å². The third-order valence-electron chi connectivity index (χ3n) is 2.62. The van der Waals surface area contributed by atoms with Gasteiger partial charge in [0.25, 0.3) is 0 Å². The summed E-state index contributed by atoms with van der Waals surface area (Å²) in [5, 5.41) is 10.2. The molecule has 0 unspecified atom stereocenters. The molecule has 2 nitrogen and oxygen atoms in total. The Hall–Kier alpha value is -0.800. The highest BCUT2D eigenvalue weighted by molar-refractivity contribution is 9.10. The first kappa shape index (κ1) is 13.3. The van der Waals surface area contributed by atoms with E-state index in [4.69, 9.17) is 5.73 Å². The van der Waals surface area contributed by atoms with E-state index in [2.05, 4.69) is 29.8 Å². The quantitative estimate of drug-likeness (QED) is 0.891. The second-order valence-corrected chi connectivity index (χ2v) is 4.98. The minimum Gasteiger partial charge on any atom is -0.507 e. The van der Waals surface area contributed by atoms with Gasteiger partial charge in [-0.15, -0.1) is 0 Å². The van der Waals surface area contributed by atoms with Gasteiger partial charge in [-0.05, 0) is 30.0 Å². The molecule has 0 aliphatic heterocycles. The summed E-state index contributed by atoms with van der Waals surface area (Å²) in [4.78, 5) is 0. The highest BCUT2D eigenvalue weighted by Gasteiger charge is 2.13. The van der Waals surface area contributed by atoms with Gasteiger partial charge in [0.1, 0.15) is 5.75 Å². The lowest BCUT2D eigenvalue weighted by molar-refractivity contribution is 0.463. The zero-order valence-electron chi connectivity index (χ0n) is 9.92. The SMILES string of the molecule is Cc1c(Br)cc(C(C)C)c(O)c1/C=C/CN. The molecule has 1 aromatic carbocycles. The van der Waals surface area contributed by atoms with E-state index in [1.807, 2.05) is 25.1 Å². The van der Waals surface area contributed by atoms with E-state index in [1.165, 1.54) is 0 Å². The third-order valence-corrected chi connectivity index (χ3v) is 3.44. The molecule has 3 heteroatoms. The van der Waals surface area contributed by atoms with Gasteiger partial charge in [0.15, 0.2) is 0 Å². The van der Waals surface area contributed by atoms with Crippen LogP contribution in [0.25, 0.3) is 6.08 Å². The summed E-state index contributed by atoms with van der Waals surface area (Å²) in [7, 11) is 0. The Kier molecular flexibility index (Phi) is 4.56. The van der Waals surface area contributed by atoms with Crippen LogP contribution >= 0.6 is 15.9 Å². The van der Waals surface area contributed by atoms with Crippen molar-refractivity contribution in [2.24, 2.45) is 5.73 Å². The molecule has 0 radical (unpaired) electrons. The van der Waals surface area contributed by atoms with Crippen molar-refractivity contribution in [1.82, 2.24) is 0 Å². The molecule has 16 heavy (non-hydrogen) atoms. The molecular weight excluding hydrogens is 266 g/mol. The Morgan fingerprint density at radius 2 is 2.12 bits per heavy atom. The van der Waals surface area contributed by atoms with Crippen LogP contribution in [0, 0.1) is 6.92 Å². The summed E-state index contributed by atoms with van der Waals surface area (Å²) < 4.78 is 1.02. The average molecular weight is 284 g/mol. The number of benzene rings is 1. The predicted molar refractivity (Wildman–Crippen MR) is 72.7 cm³/mol. The molecule has 0 aromatic heterocycles. The van der Waals surface area contributed by atoms with E-state index in [9.17, 15) is 5.11 Å². The van der Waals surface area contributed by atoms with Crippen molar-refractivity contribution in [3.05, 3.63) is 33.3 Å².